The third kappa shape index (κ3) is 2.22. The van der Waals surface area contributed by atoms with Gasteiger partial charge in [-0.3, -0.25) is 9.50 Å². The van der Waals surface area contributed by atoms with Gasteiger partial charge in [0.25, 0.3) is 0 Å². The van der Waals surface area contributed by atoms with Gasteiger partial charge >= 0.3 is 0 Å². The topological polar surface area (TPSA) is 67.2 Å². The van der Waals surface area contributed by atoms with Crippen LogP contribution in [0.15, 0.2) is 24.0 Å². The van der Waals surface area contributed by atoms with Crippen molar-refractivity contribution in [1.29, 1.82) is 0 Å². The summed E-state index contributed by atoms with van der Waals surface area (Å²) in [4.78, 5) is 5.38. The normalized spacial score (nSPS) is 12.9. The summed E-state index contributed by atoms with van der Waals surface area (Å²) < 4.78 is 7.38. The third-order valence-electron chi connectivity index (χ3n) is 3.11. The van der Waals surface area contributed by atoms with Crippen LogP contribution in [0.3, 0.4) is 0 Å². The van der Waals surface area contributed by atoms with Gasteiger partial charge in [-0.2, -0.15) is 10.1 Å². The van der Waals surface area contributed by atoms with Gasteiger partial charge in [0.15, 0.2) is 4.96 Å². The Balaban J connectivity index is 1.79. The number of rotatable bonds is 5. The van der Waals surface area contributed by atoms with Gasteiger partial charge in [-0.25, -0.2) is 0 Å². The highest BCUT2D eigenvalue weighted by atomic mass is 32.1. The molecule has 0 radical (unpaired) electrons. The van der Waals surface area contributed by atoms with Gasteiger partial charge in [0.05, 0.1) is 13.3 Å². The number of methoxy groups -OCH3 is 1. The van der Waals surface area contributed by atoms with Crippen molar-refractivity contribution in [2.24, 2.45) is 0 Å². The van der Waals surface area contributed by atoms with Crippen LogP contribution in [0.5, 0.6) is 5.88 Å². The molecule has 0 saturated carbocycles. The van der Waals surface area contributed by atoms with Crippen LogP contribution in [0.4, 0.5) is 0 Å². The molecule has 1 atom stereocenters. The van der Waals surface area contributed by atoms with Crippen LogP contribution in [0.1, 0.15) is 24.2 Å². The molecule has 0 aromatic carbocycles. The number of hydrogen-bond donors (Lipinski definition) is 2. The predicted molar refractivity (Wildman–Crippen MR) is 73.5 cm³/mol. The second-order valence-electron chi connectivity index (χ2n) is 4.26. The summed E-state index contributed by atoms with van der Waals surface area (Å²) >= 11 is 1.60. The molecule has 1 unspecified atom stereocenters. The van der Waals surface area contributed by atoms with E-state index >= 15 is 0 Å². The van der Waals surface area contributed by atoms with E-state index in [1.165, 1.54) is 0 Å². The van der Waals surface area contributed by atoms with Crippen LogP contribution in [0.2, 0.25) is 0 Å². The average Bonchev–Trinajstić information content (AvgIpc) is 3.12. The minimum Gasteiger partial charge on any atom is -0.480 e. The third-order valence-corrected chi connectivity index (χ3v) is 3.87. The van der Waals surface area contributed by atoms with Crippen molar-refractivity contribution in [3.63, 3.8) is 0 Å². The first-order valence-corrected chi connectivity index (χ1v) is 6.88. The first kappa shape index (κ1) is 12.2. The lowest BCUT2D eigenvalue weighted by atomic mass is 10.2. The van der Waals surface area contributed by atoms with Gasteiger partial charge in [-0.15, -0.1) is 11.3 Å². The van der Waals surface area contributed by atoms with E-state index in [4.69, 9.17) is 4.74 Å². The number of imidazole rings is 1. The number of nitrogens with one attached hydrogen (secondary N) is 2. The van der Waals surface area contributed by atoms with Crippen LogP contribution < -0.4 is 10.1 Å². The molecule has 19 heavy (non-hydrogen) atoms. The molecule has 3 aromatic rings. The standard InChI is InChI=1S/C12H15N5OS/c1-8(9-5-14-15-6-9)13-7-10-11(18-2)16-12-17(10)3-4-19-12/h3-6,8,13H,7H2,1-2H3,(H,14,15). The minimum atomic E-state index is 0.215. The van der Waals surface area contributed by atoms with Gasteiger partial charge in [-0.05, 0) is 6.92 Å². The van der Waals surface area contributed by atoms with E-state index < -0.39 is 0 Å². The smallest absolute Gasteiger partial charge is 0.237 e. The molecule has 7 heteroatoms. The average molecular weight is 277 g/mol. The Morgan fingerprint density at radius 1 is 1.58 bits per heavy atom. The summed E-state index contributed by atoms with van der Waals surface area (Å²) in [6.07, 6.45) is 5.73. The van der Waals surface area contributed by atoms with Crippen molar-refractivity contribution >= 4 is 16.3 Å². The van der Waals surface area contributed by atoms with Crippen molar-refractivity contribution in [2.45, 2.75) is 19.5 Å². The maximum Gasteiger partial charge on any atom is 0.237 e. The summed E-state index contributed by atoms with van der Waals surface area (Å²) in [7, 11) is 1.65. The van der Waals surface area contributed by atoms with E-state index in [1.54, 1.807) is 18.4 Å². The lowest BCUT2D eigenvalue weighted by Crippen LogP contribution is -2.19. The van der Waals surface area contributed by atoms with Gasteiger partial charge in [-0.1, -0.05) is 0 Å². The first-order chi connectivity index (χ1) is 9.29. The van der Waals surface area contributed by atoms with Gasteiger partial charge in [0, 0.05) is 35.9 Å². The summed E-state index contributed by atoms with van der Waals surface area (Å²) in [6.45, 7) is 2.79. The molecule has 6 nitrogen and oxygen atoms in total. The van der Waals surface area contributed by atoms with Crippen LogP contribution in [0, 0.1) is 0 Å². The monoisotopic (exact) mass is 277 g/mol. The molecule has 100 valence electrons. The molecule has 0 aliphatic carbocycles. The molecule has 0 saturated heterocycles. The van der Waals surface area contributed by atoms with Crippen LogP contribution >= 0.6 is 11.3 Å². The molecule has 0 spiro atoms. The Morgan fingerprint density at radius 2 is 2.47 bits per heavy atom. The number of H-pyrrole nitrogens is 1. The summed E-state index contributed by atoms with van der Waals surface area (Å²) in [6, 6.07) is 0.215. The second-order valence-corrected chi connectivity index (χ2v) is 5.13. The lowest BCUT2D eigenvalue weighted by molar-refractivity contribution is 0.391. The fourth-order valence-electron chi connectivity index (χ4n) is 2.00. The summed E-state index contributed by atoms with van der Waals surface area (Å²) in [5.74, 6) is 0.679. The fraction of sp³-hybridized carbons (Fsp3) is 0.333. The van der Waals surface area contributed by atoms with E-state index in [1.807, 2.05) is 24.0 Å². The van der Waals surface area contributed by atoms with Gasteiger partial charge < -0.3 is 10.1 Å². The van der Waals surface area contributed by atoms with Crippen molar-refractivity contribution < 1.29 is 4.74 Å². The van der Waals surface area contributed by atoms with Crippen molar-refractivity contribution in [3.05, 3.63) is 35.2 Å². The van der Waals surface area contributed by atoms with E-state index in [9.17, 15) is 0 Å². The molecule has 0 bridgehead atoms. The largest absolute Gasteiger partial charge is 0.480 e. The molecule has 3 aromatic heterocycles. The minimum absolute atomic E-state index is 0.215. The zero-order valence-corrected chi connectivity index (χ0v) is 11.6. The van der Waals surface area contributed by atoms with Gasteiger partial charge in [0.1, 0.15) is 5.69 Å². The van der Waals surface area contributed by atoms with Crippen molar-refractivity contribution in [3.8, 4) is 5.88 Å². The Kier molecular flexibility index (Phi) is 3.22. The molecule has 0 aliphatic rings. The van der Waals surface area contributed by atoms with Crippen LogP contribution in [-0.4, -0.2) is 26.7 Å². The highest BCUT2D eigenvalue weighted by Gasteiger charge is 2.15. The molecule has 0 fully saturated rings. The number of ether oxygens (including phenoxy) is 1. The zero-order valence-electron chi connectivity index (χ0n) is 10.8. The fourth-order valence-corrected chi connectivity index (χ4v) is 2.73. The molecule has 3 rings (SSSR count). The molecule has 0 amide bonds. The highest BCUT2D eigenvalue weighted by Crippen LogP contribution is 2.23. The second kappa shape index (κ2) is 5.02. The zero-order chi connectivity index (χ0) is 13.2. The Hall–Kier alpha value is -1.86. The van der Waals surface area contributed by atoms with E-state index in [0.29, 0.717) is 12.4 Å². The highest BCUT2D eigenvalue weighted by molar-refractivity contribution is 7.15. The van der Waals surface area contributed by atoms with Gasteiger partial charge in [0.2, 0.25) is 5.88 Å². The number of hydrogen-bond acceptors (Lipinski definition) is 5. The van der Waals surface area contributed by atoms with Crippen LogP contribution in [-0.2, 0) is 6.54 Å². The molecule has 0 aliphatic heterocycles. The Bertz CT molecular complexity index is 657. The predicted octanol–water partition coefficient (Wildman–Crippen LogP) is 1.98. The molecule has 2 N–H and O–H groups in total. The van der Waals surface area contributed by atoms with Crippen LogP contribution in [0.25, 0.3) is 4.96 Å². The van der Waals surface area contributed by atoms with E-state index in [0.717, 1.165) is 16.2 Å². The maximum absolute atomic E-state index is 5.33. The lowest BCUT2D eigenvalue weighted by Gasteiger charge is -2.12. The maximum atomic E-state index is 5.33. The van der Waals surface area contributed by atoms with E-state index in [2.05, 4.69) is 31.8 Å². The van der Waals surface area contributed by atoms with E-state index in [-0.39, 0.29) is 6.04 Å². The number of aromatic nitrogens is 4. The Morgan fingerprint density at radius 3 is 3.21 bits per heavy atom. The first-order valence-electron chi connectivity index (χ1n) is 6.00. The molecular formula is C12H15N5OS. The molecular weight excluding hydrogens is 262 g/mol. The number of thiazole rings is 1. The van der Waals surface area contributed by atoms with Crippen molar-refractivity contribution in [1.82, 2.24) is 24.9 Å². The number of fused-ring (bicyclic) bond motifs is 1. The Labute approximate surface area is 114 Å². The van der Waals surface area contributed by atoms with Crippen molar-refractivity contribution in [2.75, 3.05) is 7.11 Å². The summed E-state index contributed by atoms with van der Waals surface area (Å²) in [5, 5.41) is 12.2. The number of nitrogens with zero attached hydrogens (tertiary/aromatic N) is 3. The number of aromatic amines is 1. The molecule has 3 heterocycles. The summed E-state index contributed by atoms with van der Waals surface area (Å²) in [5.41, 5.74) is 2.17. The quantitative estimate of drug-likeness (QED) is 0.748. The SMILES string of the molecule is COc1nc2sccn2c1CNC(C)c1cn[nH]c1.